The van der Waals surface area contributed by atoms with Gasteiger partial charge in [-0.2, -0.15) is 0 Å². The molecule has 3 heteroatoms. The van der Waals surface area contributed by atoms with E-state index < -0.39 is 0 Å². The van der Waals surface area contributed by atoms with Gasteiger partial charge in [-0.3, -0.25) is 9.59 Å². The molecule has 0 aromatic rings. The summed E-state index contributed by atoms with van der Waals surface area (Å²) in [5.41, 5.74) is 0. The quantitative estimate of drug-likeness (QED) is 0.431. The van der Waals surface area contributed by atoms with Crippen molar-refractivity contribution in [1.29, 1.82) is 0 Å². The third-order valence-electron chi connectivity index (χ3n) is 0.975. The van der Waals surface area contributed by atoms with Crippen molar-refractivity contribution < 1.29 is 9.59 Å². The van der Waals surface area contributed by atoms with Gasteiger partial charge < -0.3 is 0 Å². The molecule has 0 aliphatic carbocycles. The molecular weight excluding hydrogens is 143 g/mol. The number of hydrogen-bond acceptors (Lipinski definition) is 2. The van der Waals surface area contributed by atoms with Gasteiger partial charge in [0.2, 0.25) is 0 Å². The lowest BCUT2D eigenvalue weighted by atomic mass is 10.1. The van der Waals surface area contributed by atoms with Crippen LogP contribution >= 0.6 is 0 Å². The van der Waals surface area contributed by atoms with E-state index in [1.54, 1.807) is 0 Å². The average Bonchev–Trinajstić information content (AvgIpc) is 1.63. The fourth-order valence-electron chi connectivity index (χ4n) is 0.645. The van der Waals surface area contributed by atoms with E-state index in [9.17, 15) is 9.59 Å². The van der Waals surface area contributed by atoms with E-state index in [4.69, 9.17) is 0 Å². The van der Waals surface area contributed by atoms with Crippen molar-refractivity contribution in [2.24, 2.45) is 0 Å². The first kappa shape index (κ1) is 12.5. The Morgan fingerprint density at radius 1 is 1.30 bits per heavy atom. The van der Waals surface area contributed by atoms with Crippen LogP contribution in [0, 0.1) is 0 Å². The molecule has 0 aliphatic rings. The molecule has 0 heterocycles. The van der Waals surface area contributed by atoms with E-state index in [0.717, 1.165) is 6.42 Å². The van der Waals surface area contributed by atoms with Crippen LogP contribution in [0.2, 0.25) is 0 Å². The van der Waals surface area contributed by atoms with E-state index in [1.165, 1.54) is 6.92 Å². The predicted molar refractivity (Wildman–Crippen MR) is 45.2 cm³/mol. The maximum absolute atomic E-state index is 10.6. The molecule has 0 aliphatic heterocycles. The van der Waals surface area contributed by atoms with Gasteiger partial charge >= 0.3 is 0 Å². The number of hydrogen-bond donors (Lipinski definition) is 0. The maximum atomic E-state index is 10.6. The summed E-state index contributed by atoms with van der Waals surface area (Å²) < 4.78 is 0. The molecule has 0 bridgehead atoms. The van der Waals surface area contributed by atoms with Gasteiger partial charge in [0, 0.05) is 6.42 Å². The second kappa shape index (κ2) is 6.99. The van der Waals surface area contributed by atoms with Crippen LogP contribution in [0.15, 0.2) is 0 Å². The molecule has 58 valence electrons. The van der Waals surface area contributed by atoms with Crippen molar-refractivity contribution in [2.75, 3.05) is 0 Å². The summed E-state index contributed by atoms with van der Waals surface area (Å²) in [7, 11) is 0. The molecule has 0 atom stereocenters. The monoisotopic (exact) mass is 158 g/mol. The zero-order valence-corrected chi connectivity index (χ0v) is 5.94. The van der Waals surface area contributed by atoms with Crippen molar-refractivity contribution in [3.8, 4) is 0 Å². The number of carbonyl (C=O) groups excluding carboxylic acids is 2. The Bertz CT molecular complexity index is 121. The number of ketones is 2. The number of Topliss-reactive ketones (excluding diaryl/α,β-unsaturated/α-hetero) is 2. The Labute approximate surface area is 72.1 Å². The normalized spacial score (nSPS) is 8.20. The predicted octanol–water partition coefficient (Wildman–Crippen LogP) is 0.151. The average molecular weight is 158 g/mol. The fraction of sp³-hybridized carbons (Fsp3) is 0.714. The molecule has 2 nitrogen and oxygen atoms in total. The Hall–Kier alpha value is -0.128. The van der Waals surface area contributed by atoms with E-state index in [1.807, 2.05) is 6.92 Å². The first-order chi connectivity index (χ1) is 4.16. The van der Waals surface area contributed by atoms with Gasteiger partial charge in [-0.15, -0.1) is 0 Å². The zero-order chi connectivity index (χ0) is 7.28. The lowest BCUT2D eigenvalue weighted by Crippen LogP contribution is -2.02. The van der Waals surface area contributed by atoms with Crippen molar-refractivity contribution in [1.82, 2.24) is 0 Å². The summed E-state index contributed by atoms with van der Waals surface area (Å²) in [4.78, 5) is 20.9. The summed E-state index contributed by atoms with van der Waals surface area (Å²) in [5.74, 6) is 0.0263. The SMILES string of the molecule is CCCC(=O)CC(C)=O.[AlH3]. The Balaban J connectivity index is 0. The lowest BCUT2D eigenvalue weighted by molar-refractivity contribution is -0.125. The molecule has 0 N–H and O–H groups in total. The topological polar surface area (TPSA) is 34.1 Å². The molecule has 0 spiro atoms. The van der Waals surface area contributed by atoms with Crippen LogP contribution in [0.5, 0.6) is 0 Å². The molecule has 0 unspecified atom stereocenters. The summed E-state index contributed by atoms with van der Waals surface area (Å²) >= 11 is 0. The highest BCUT2D eigenvalue weighted by Crippen LogP contribution is 1.93. The molecule has 0 rings (SSSR count). The Morgan fingerprint density at radius 2 is 1.80 bits per heavy atom. The maximum Gasteiger partial charge on any atom is 0.187 e. The smallest absolute Gasteiger partial charge is 0.187 e. The van der Waals surface area contributed by atoms with Gasteiger partial charge in [0.15, 0.2) is 17.4 Å². The van der Waals surface area contributed by atoms with E-state index in [0.29, 0.717) is 6.42 Å². The summed E-state index contributed by atoms with van der Waals surface area (Å²) in [6.07, 6.45) is 1.50. The van der Waals surface area contributed by atoms with Gasteiger partial charge in [0.1, 0.15) is 11.6 Å². The molecule has 0 saturated heterocycles. The largest absolute Gasteiger partial charge is 0.300 e. The molecule has 0 amide bonds. The molecule has 0 saturated carbocycles. The van der Waals surface area contributed by atoms with Crippen LogP contribution in [-0.2, 0) is 9.59 Å². The second-order valence-electron chi connectivity index (χ2n) is 2.17. The van der Waals surface area contributed by atoms with Gasteiger partial charge in [0.25, 0.3) is 0 Å². The van der Waals surface area contributed by atoms with Gasteiger partial charge in [-0.25, -0.2) is 0 Å². The first-order valence-corrected chi connectivity index (χ1v) is 3.18. The Kier molecular flexibility index (Phi) is 8.76. The minimum absolute atomic E-state index is 0. The van der Waals surface area contributed by atoms with E-state index in [-0.39, 0.29) is 35.3 Å². The molecular formula is C7H15AlO2. The first-order valence-electron chi connectivity index (χ1n) is 3.18. The lowest BCUT2D eigenvalue weighted by Gasteiger charge is -1.91. The highest BCUT2D eigenvalue weighted by molar-refractivity contribution is 5.97. The second-order valence-corrected chi connectivity index (χ2v) is 2.17. The number of carbonyl (C=O) groups is 2. The minimum Gasteiger partial charge on any atom is -0.300 e. The summed E-state index contributed by atoms with van der Waals surface area (Å²) in [6, 6.07) is 0. The van der Waals surface area contributed by atoms with Crippen LogP contribution in [-0.4, -0.2) is 28.9 Å². The standard InChI is InChI=1S/C7H12O2.Al.3H/c1-3-4-7(9)5-6(2)8;;;;/h3-5H2,1-2H3;;;;. The fourth-order valence-corrected chi connectivity index (χ4v) is 0.645. The van der Waals surface area contributed by atoms with E-state index >= 15 is 0 Å². The van der Waals surface area contributed by atoms with E-state index in [2.05, 4.69) is 0 Å². The molecule has 0 radical (unpaired) electrons. The van der Waals surface area contributed by atoms with Crippen LogP contribution in [0.1, 0.15) is 33.1 Å². The third kappa shape index (κ3) is 7.87. The third-order valence-corrected chi connectivity index (χ3v) is 0.975. The van der Waals surface area contributed by atoms with Crippen molar-refractivity contribution >= 4 is 28.9 Å². The van der Waals surface area contributed by atoms with Gasteiger partial charge in [0.05, 0.1) is 6.42 Å². The number of rotatable bonds is 4. The molecule has 10 heavy (non-hydrogen) atoms. The van der Waals surface area contributed by atoms with Crippen LogP contribution in [0.3, 0.4) is 0 Å². The van der Waals surface area contributed by atoms with Gasteiger partial charge in [-0.1, -0.05) is 6.92 Å². The molecule has 0 fully saturated rings. The summed E-state index contributed by atoms with van der Waals surface area (Å²) in [5, 5.41) is 0. The van der Waals surface area contributed by atoms with Crippen LogP contribution in [0.4, 0.5) is 0 Å². The van der Waals surface area contributed by atoms with Gasteiger partial charge in [-0.05, 0) is 13.3 Å². The minimum atomic E-state index is -0.0338. The van der Waals surface area contributed by atoms with Crippen molar-refractivity contribution in [3.63, 3.8) is 0 Å². The molecule has 0 aromatic heterocycles. The molecule has 0 aromatic carbocycles. The van der Waals surface area contributed by atoms with Crippen LogP contribution in [0.25, 0.3) is 0 Å². The highest BCUT2D eigenvalue weighted by Gasteiger charge is 2.01. The summed E-state index contributed by atoms with van der Waals surface area (Å²) in [6.45, 7) is 3.37. The van der Waals surface area contributed by atoms with Crippen molar-refractivity contribution in [2.45, 2.75) is 33.1 Å². The highest BCUT2D eigenvalue weighted by atomic mass is 27.0. The van der Waals surface area contributed by atoms with Crippen LogP contribution < -0.4 is 0 Å². The Morgan fingerprint density at radius 3 is 2.10 bits per heavy atom. The zero-order valence-electron chi connectivity index (χ0n) is 5.94. The van der Waals surface area contributed by atoms with Crippen molar-refractivity contribution in [3.05, 3.63) is 0 Å².